The minimum absolute atomic E-state index is 0.336. The zero-order valence-corrected chi connectivity index (χ0v) is 9.87. The van der Waals surface area contributed by atoms with Crippen molar-refractivity contribution in [3.8, 4) is 0 Å². The first-order chi connectivity index (χ1) is 6.92. The van der Waals surface area contributed by atoms with E-state index in [0.29, 0.717) is 25.8 Å². The predicted octanol–water partition coefficient (Wildman–Crippen LogP) is 1.53. The average Bonchev–Trinajstić information content (AvgIpc) is 2.74. The Hall–Kier alpha value is -0.891. The van der Waals surface area contributed by atoms with Crippen LogP contribution < -0.4 is 0 Å². The zero-order chi connectivity index (χ0) is 9.80. The minimum atomic E-state index is 0.336. The van der Waals surface area contributed by atoms with Crippen molar-refractivity contribution in [2.24, 2.45) is 0 Å². The van der Waals surface area contributed by atoms with Crippen LogP contribution in [0.5, 0.6) is 0 Å². The molecule has 0 saturated carbocycles. The molecular formula is C11H8OSSe. The van der Waals surface area contributed by atoms with Crippen LogP contribution in [0.15, 0.2) is 47.4 Å². The monoisotopic (exact) mass is 268 g/mol. The van der Waals surface area contributed by atoms with Gasteiger partial charge in [0.2, 0.25) is 0 Å². The van der Waals surface area contributed by atoms with Gasteiger partial charge in [0.05, 0.1) is 0 Å². The molecular weight excluding hydrogens is 259 g/mol. The summed E-state index contributed by atoms with van der Waals surface area (Å²) in [7, 11) is 0. The van der Waals surface area contributed by atoms with Gasteiger partial charge in [0.25, 0.3) is 0 Å². The van der Waals surface area contributed by atoms with Crippen molar-refractivity contribution in [2.75, 3.05) is 0 Å². The van der Waals surface area contributed by atoms with Crippen molar-refractivity contribution < 1.29 is 4.21 Å². The Morgan fingerprint density at radius 1 is 1.07 bits per heavy atom. The van der Waals surface area contributed by atoms with Gasteiger partial charge in [-0.1, -0.05) is 0 Å². The predicted molar refractivity (Wildman–Crippen MR) is 61.2 cm³/mol. The van der Waals surface area contributed by atoms with Crippen LogP contribution in [0, 0.1) is 0 Å². The second kappa shape index (κ2) is 4.56. The summed E-state index contributed by atoms with van der Waals surface area (Å²) >= 11 is 0.930. The van der Waals surface area contributed by atoms with Crippen LogP contribution in [0.3, 0.4) is 0 Å². The van der Waals surface area contributed by atoms with Crippen LogP contribution in [0.4, 0.5) is 0 Å². The summed E-state index contributed by atoms with van der Waals surface area (Å²) in [5, 5.41) is 0. The maximum absolute atomic E-state index is 11.0. The molecule has 0 aliphatic rings. The van der Waals surface area contributed by atoms with Crippen molar-refractivity contribution in [1.82, 2.24) is 0 Å². The molecule has 1 heterocycles. The van der Waals surface area contributed by atoms with E-state index in [1.807, 2.05) is 42.5 Å². The van der Waals surface area contributed by atoms with Gasteiger partial charge in [-0.15, -0.1) is 0 Å². The SMILES string of the molecule is O=S=C(c1ccccc1)c1ccc[se]1. The van der Waals surface area contributed by atoms with Gasteiger partial charge in [0.1, 0.15) is 0 Å². The Morgan fingerprint density at radius 3 is 2.43 bits per heavy atom. The average molecular weight is 267 g/mol. The van der Waals surface area contributed by atoms with E-state index in [0.717, 1.165) is 10.4 Å². The normalized spacial score (nSPS) is 9.71. The zero-order valence-electron chi connectivity index (χ0n) is 7.34. The molecule has 1 nitrogen and oxygen atoms in total. The molecule has 0 aliphatic carbocycles. The van der Waals surface area contributed by atoms with Crippen LogP contribution in [0.2, 0.25) is 0 Å². The van der Waals surface area contributed by atoms with Crippen LogP contribution >= 0.6 is 0 Å². The van der Waals surface area contributed by atoms with Gasteiger partial charge in [-0.05, 0) is 0 Å². The van der Waals surface area contributed by atoms with Crippen LogP contribution in [-0.2, 0) is 11.3 Å². The molecule has 0 amide bonds. The molecule has 14 heavy (non-hydrogen) atoms. The molecule has 2 aromatic rings. The van der Waals surface area contributed by atoms with Gasteiger partial charge >= 0.3 is 92.2 Å². The molecule has 0 aliphatic heterocycles. The Bertz CT molecular complexity index is 455. The van der Waals surface area contributed by atoms with E-state index < -0.39 is 0 Å². The summed E-state index contributed by atoms with van der Waals surface area (Å²) in [6.45, 7) is 0. The molecule has 1 aromatic carbocycles. The molecule has 0 N–H and O–H groups in total. The van der Waals surface area contributed by atoms with E-state index in [2.05, 4.69) is 4.94 Å². The van der Waals surface area contributed by atoms with E-state index in [1.54, 1.807) is 0 Å². The molecule has 70 valence electrons. The summed E-state index contributed by atoms with van der Waals surface area (Å²) in [4.78, 5) is 3.00. The van der Waals surface area contributed by atoms with Gasteiger partial charge in [-0.2, -0.15) is 0 Å². The Labute approximate surface area is 92.2 Å². The molecule has 0 spiro atoms. The van der Waals surface area contributed by atoms with Gasteiger partial charge in [-0.25, -0.2) is 0 Å². The van der Waals surface area contributed by atoms with Crippen molar-refractivity contribution in [1.29, 1.82) is 0 Å². The van der Waals surface area contributed by atoms with Crippen LogP contribution in [0.1, 0.15) is 10.0 Å². The second-order valence-corrected chi connectivity index (χ2v) is 5.32. The number of rotatable bonds is 2. The molecule has 3 heteroatoms. The molecule has 2 rings (SSSR count). The third-order valence-corrected chi connectivity index (χ3v) is 4.64. The number of hydrogen-bond acceptors (Lipinski definition) is 1. The Kier molecular flexibility index (Phi) is 3.14. The first-order valence-electron chi connectivity index (χ1n) is 4.18. The van der Waals surface area contributed by atoms with Crippen molar-refractivity contribution >= 4 is 30.6 Å². The fourth-order valence-electron chi connectivity index (χ4n) is 1.23. The number of hydrogen-bond donors (Lipinski definition) is 0. The molecule has 1 aromatic heterocycles. The molecule has 0 unspecified atom stereocenters. The summed E-state index contributed by atoms with van der Waals surface area (Å²) < 4.78 is 12.2. The van der Waals surface area contributed by atoms with E-state index in [1.165, 1.54) is 4.44 Å². The first kappa shape index (κ1) is 9.66. The fraction of sp³-hybridized carbons (Fsp3) is 0. The van der Waals surface area contributed by atoms with E-state index in [4.69, 9.17) is 0 Å². The van der Waals surface area contributed by atoms with E-state index in [-0.39, 0.29) is 0 Å². The van der Waals surface area contributed by atoms with Crippen LogP contribution in [-0.4, -0.2) is 23.6 Å². The molecule has 0 fully saturated rings. The molecule has 0 atom stereocenters. The fourth-order valence-corrected chi connectivity index (χ4v) is 3.51. The van der Waals surface area contributed by atoms with Gasteiger partial charge in [0.15, 0.2) is 0 Å². The van der Waals surface area contributed by atoms with Gasteiger partial charge < -0.3 is 0 Å². The quantitative estimate of drug-likeness (QED) is 0.458. The third kappa shape index (κ3) is 1.95. The van der Waals surface area contributed by atoms with Gasteiger partial charge in [-0.3, -0.25) is 0 Å². The Morgan fingerprint density at radius 2 is 1.86 bits per heavy atom. The van der Waals surface area contributed by atoms with Crippen molar-refractivity contribution in [3.63, 3.8) is 0 Å². The topological polar surface area (TPSA) is 17.1 Å². The first-order valence-corrected chi connectivity index (χ1v) is 6.76. The Balaban J connectivity index is 2.48. The van der Waals surface area contributed by atoms with Crippen molar-refractivity contribution in [3.05, 3.63) is 57.4 Å². The second-order valence-electron chi connectivity index (χ2n) is 2.76. The molecule has 0 radical (unpaired) electrons. The van der Waals surface area contributed by atoms with Gasteiger partial charge in [0, 0.05) is 0 Å². The number of benzene rings is 1. The van der Waals surface area contributed by atoms with E-state index >= 15 is 0 Å². The van der Waals surface area contributed by atoms with Crippen molar-refractivity contribution in [2.45, 2.75) is 0 Å². The molecule has 0 bridgehead atoms. The summed E-state index contributed by atoms with van der Waals surface area (Å²) in [6.07, 6.45) is 0. The summed E-state index contributed by atoms with van der Waals surface area (Å²) in [5.41, 5.74) is 1.03. The van der Waals surface area contributed by atoms with E-state index in [9.17, 15) is 4.21 Å². The molecule has 0 saturated heterocycles. The standard InChI is InChI=1S/C11H8OSSe/c12-13-11(10-7-4-8-14-10)9-5-2-1-3-6-9/h1-8H. The maximum atomic E-state index is 11.0. The third-order valence-electron chi connectivity index (χ3n) is 1.86. The summed E-state index contributed by atoms with van der Waals surface area (Å²) in [5.74, 6) is 0. The van der Waals surface area contributed by atoms with Crippen LogP contribution in [0.25, 0.3) is 0 Å². The summed E-state index contributed by atoms with van der Waals surface area (Å²) in [6, 6.07) is 13.9.